The summed E-state index contributed by atoms with van der Waals surface area (Å²) in [6, 6.07) is 2.69. The maximum Gasteiger partial charge on any atom is 0.156 e. The third kappa shape index (κ3) is 5.55. The Labute approximate surface area is 125 Å². The zero-order valence-electron chi connectivity index (χ0n) is 9.13. The van der Waals surface area contributed by atoms with Gasteiger partial charge < -0.3 is 14.6 Å². The molecule has 0 fully saturated rings. The van der Waals surface area contributed by atoms with Crippen LogP contribution in [0.1, 0.15) is 0 Å². The molecule has 0 aliphatic carbocycles. The Morgan fingerprint density at radius 2 is 1.78 bits per heavy atom. The summed E-state index contributed by atoms with van der Waals surface area (Å²) in [5.41, 5.74) is 0. The summed E-state index contributed by atoms with van der Waals surface area (Å²) in [5.74, 6) is 0.293. The van der Waals surface area contributed by atoms with Crippen LogP contribution < -0.4 is 4.74 Å². The zero-order chi connectivity index (χ0) is 13.5. The van der Waals surface area contributed by atoms with Crippen molar-refractivity contribution in [2.45, 2.75) is 0 Å². The minimum atomic E-state index is -0.0181. The highest BCUT2D eigenvalue weighted by Gasteiger charge is 2.09. The number of ether oxygens (including phenoxy) is 2. The fourth-order valence-corrected chi connectivity index (χ4v) is 1.80. The van der Waals surface area contributed by atoms with Gasteiger partial charge in [-0.15, -0.1) is 0 Å². The van der Waals surface area contributed by atoms with Gasteiger partial charge in [0, 0.05) is 12.1 Å². The fourth-order valence-electron chi connectivity index (χ4n) is 1.09. The maximum absolute atomic E-state index is 9.23. The van der Waals surface area contributed by atoms with Crippen LogP contribution in [0.25, 0.3) is 0 Å². The summed E-state index contributed by atoms with van der Waals surface area (Å²) in [4.78, 5) is 0. The second kappa shape index (κ2) is 7.97. The molecule has 3 nitrogen and oxygen atoms in total. The van der Waals surface area contributed by atoms with Gasteiger partial charge in [0.1, 0.15) is 16.8 Å². The number of rotatable bonds is 6. The van der Waals surface area contributed by atoms with Gasteiger partial charge >= 0.3 is 0 Å². The van der Waals surface area contributed by atoms with Crippen molar-refractivity contribution in [1.82, 2.24) is 0 Å². The quantitative estimate of drug-likeness (QED) is 0.784. The molecule has 0 spiro atoms. The minimum absolute atomic E-state index is 0.0181. The number of benzene rings is 1. The standard InChI is InChI=1S/C11H10Cl4O3/c12-8-5-7(16)6-9(13)11(8)18-4-3-17-2-1-10(14)15/h1,5-6,16H,2-4H2. The molecular formula is C11H10Cl4O3. The van der Waals surface area contributed by atoms with E-state index < -0.39 is 0 Å². The molecule has 100 valence electrons. The molecule has 0 bridgehead atoms. The van der Waals surface area contributed by atoms with Crippen molar-refractivity contribution >= 4 is 46.4 Å². The summed E-state index contributed by atoms with van der Waals surface area (Å²) < 4.78 is 10.7. The van der Waals surface area contributed by atoms with Crippen molar-refractivity contribution in [2.24, 2.45) is 0 Å². The van der Waals surface area contributed by atoms with Crippen molar-refractivity contribution in [1.29, 1.82) is 0 Å². The third-order valence-electron chi connectivity index (χ3n) is 1.81. The molecule has 1 rings (SSSR count). The average Bonchev–Trinajstić information content (AvgIpc) is 2.25. The predicted octanol–water partition coefficient (Wildman–Crippen LogP) is 4.41. The minimum Gasteiger partial charge on any atom is -0.508 e. The molecule has 0 aromatic heterocycles. The molecule has 0 amide bonds. The normalized spacial score (nSPS) is 10.2. The van der Waals surface area contributed by atoms with E-state index in [1.165, 1.54) is 18.2 Å². The Balaban J connectivity index is 2.38. The average molecular weight is 332 g/mol. The third-order valence-corrected chi connectivity index (χ3v) is 2.68. The second-order valence-corrected chi connectivity index (χ2v) is 4.98. The van der Waals surface area contributed by atoms with E-state index in [2.05, 4.69) is 0 Å². The Morgan fingerprint density at radius 3 is 2.33 bits per heavy atom. The van der Waals surface area contributed by atoms with Crippen LogP contribution in [0, 0.1) is 0 Å². The molecule has 1 N–H and O–H groups in total. The first-order chi connectivity index (χ1) is 8.50. The van der Waals surface area contributed by atoms with Gasteiger partial charge in [-0.2, -0.15) is 0 Å². The van der Waals surface area contributed by atoms with E-state index in [1.807, 2.05) is 0 Å². The first-order valence-electron chi connectivity index (χ1n) is 4.90. The molecule has 0 atom stereocenters. The summed E-state index contributed by atoms with van der Waals surface area (Å²) in [6.45, 7) is 0.881. The molecule has 7 heteroatoms. The van der Waals surface area contributed by atoms with Gasteiger partial charge in [0.05, 0.1) is 23.3 Å². The molecule has 0 aliphatic rings. The van der Waals surface area contributed by atoms with Crippen LogP contribution in [0.4, 0.5) is 0 Å². The Bertz CT molecular complexity index is 407. The fraction of sp³-hybridized carbons (Fsp3) is 0.273. The largest absolute Gasteiger partial charge is 0.508 e. The zero-order valence-corrected chi connectivity index (χ0v) is 12.2. The molecule has 18 heavy (non-hydrogen) atoms. The van der Waals surface area contributed by atoms with Crippen molar-refractivity contribution < 1.29 is 14.6 Å². The van der Waals surface area contributed by atoms with Crippen molar-refractivity contribution in [3.8, 4) is 11.5 Å². The van der Waals surface area contributed by atoms with Gasteiger partial charge in [-0.1, -0.05) is 46.4 Å². The number of hydrogen-bond acceptors (Lipinski definition) is 3. The lowest BCUT2D eigenvalue weighted by Gasteiger charge is -2.10. The molecule has 0 saturated heterocycles. The van der Waals surface area contributed by atoms with Crippen molar-refractivity contribution in [2.75, 3.05) is 19.8 Å². The molecular weight excluding hydrogens is 322 g/mol. The van der Waals surface area contributed by atoms with Gasteiger partial charge in [-0.05, 0) is 6.08 Å². The number of aromatic hydroxyl groups is 1. The molecule has 0 heterocycles. The summed E-state index contributed by atoms with van der Waals surface area (Å²) in [7, 11) is 0. The van der Waals surface area contributed by atoms with Crippen LogP contribution in [-0.4, -0.2) is 24.9 Å². The Kier molecular flexibility index (Phi) is 6.97. The lowest BCUT2D eigenvalue weighted by atomic mass is 10.3. The molecule has 0 aliphatic heterocycles. The number of phenols is 1. The number of hydrogen-bond donors (Lipinski definition) is 1. The summed E-state index contributed by atoms with van der Waals surface area (Å²) in [5, 5.41) is 9.71. The highest BCUT2D eigenvalue weighted by Crippen LogP contribution is 2.36. The van der Waals surface area contributed by atoms with E-state index >= 15 is 0 Å². The number of phenolic OH excluding ortho intramolecular Hbond substituents is 1. The monoisotopic (exact) mass is 330 g/mol. The first kappa shape index (κ1) is 15.7. The molecule has 0 radical (unpaired) electrons. The van der Waals surface area contributed by atoms with E-state index in [1.54, 1.807) is 0 Å². The summed E-state index contributed by atoms with van der Waals surface area (Å²) in [6.07, 6.45) is 1.52. The van der Waals surface area contributed by atoms with Crippen LogP contribution in [0.2, 0.25) is 10.0 Å². The van der Waals surface area contributed by atoms with Crippen LogP contribution in [0.5, 0.6) is 11.5 Å². The Hall–Kier alpha value is -0.320. The van der Waals surface area contributed by atoms with Crippen LogP contribution in [0.15, 0.2) is 22.7 Å². The van der Waals surface area contributed by atoms with E-state index in [0.717, 1.165) is 0 Å². The van der Waals surface area contributed by atoms with Gasteiger partial charge in [0.2, 0.25) is 0 Å². The second-order valence-electron chi connectivity index (χ2n) is 3.16. The van der Waals surface area contributed by atoms with Crippen LogP contribution >= 0.6 is 46.4 Å². The molecule has 1 aromatic rings. The van der Waals surface area contributed by atoms with Crippen molar-refractivity contribution in [3.05, 3.63) is 32.7 Å². The van der Waals surface area contributed by atoms with E-state index in [4.69, 9.17) is 55.9 Å². The molecule has 1 aromatic carbocycles. The van der Waals surface area contributed by atoms with Crippen LogP contribution in [0.3, 0.4) is 0 Å². The van der Waals surface area contributed by atoms with Gasteiger partial charge in [0.15, 0.2) is 5.75 Å². The van der Waals surface area contributed by atoms with E-state index in [-0.39, 0.29) is 26.9 Å². The molecule has 0 saturated carbocycles. The topological polar surface area (TPSA) is 38.7 Å². The number of halogens is 4. The SMILES string of the molecule is Oc1cc(Cl)c(OCCOCC=C(Cl)Cl)c(Cl)c1. The van der Waals surface area contributed by atoms with Crippen LogP contribution in [-0.2, 0) is 4.74 Å². The predicted molar refractivity (Wildman–Crippen MR) is 74.2 cm³/mol. The lowest BCUT2D eigenvalue weighted by Crippen LogP contribution is -2.07. The smallest absolute Gasteiger partial charge is 0.156 e. The van der Waals surface area contributed by atoms with E-state index in [9.17, 15) is 5.11 Å². The first-order valence-corrected chi connectivity index (χ1v) is 6.41. The maximum atomic E-state index is 9.23. The van der Waals surface area contributed by atoms with Crippen molar-refractivity contribution in [3.63, 3.8) is 0 Å². The lowest BCUT2D eigenvalue weighted by molar-refractivity contribution is 0.121. The van der Waals surface area contributed by atoms with Gasteiger partial charge in [-0.3, -0.25) is 0 Å². The highest BCUT2D eigenvalue weighted by molar-refractivity contribution is 6.55. The van der Waals surface area contributed by atoms with Gasteiger partial charge in [0.25, 0.3) is 0 Å². The summed E-state index contributed by atoms with van der Waals surface area (Å²) >= 11 is 22.5. The van der Waals surface area contributed by atoms with Gasteiger partial charge in [-0.25, -0.2) is 0 Å². The van der Waals surface area contributed by atoms with E-state index in [0.29, 0.717) is 19.0 Å². The molecule has 0 unspecified atom stereocenters. The Morgan fingerprint density at radius 1 is 1.17 bits per heavy atom. The highest BCUT2D eigenvalue weighted by atomic mass is 35.5.